The SMILES string of the molecule is CCCCCCOc1c(Cl)cc(OCC=C(Cl)Cl)cc1Cl. The molecule has 0 fully saturated rings. The molecule has 0 N–H and O–H groups in total. The van der Waals surface area contributed by atoms with Gasteiger partial charge in [0.25, 0.3) is 0 Å². The van der Waals surface area contributed by atoms with E-state index in [0.29, 0.717) is 28.2 Å². The molecule has 0 aromatic heterocycles. The normalized spacial score (nSPS) is 10.3. The van der Waals surface area contributed by atoms with Gasteiger partial charge in [-0.05, 0) is 12.5 Å². The first-order valence-corrected chi connectivity index (χ1v) is 8.31. The van der Waals surface area contributed by atoms with Gasteiger partial charge in [-0.25, -0.2) is 0 Å². The molecule has 0 saturated carbocycles. The van der Waals surface area contributed by atoms with Gasteiger partial charge in [0, 0.05) is 12.1 Å². The van der Waals surface area contributed by atoms with Crippen LogP contribution in [0.2, 0.25) is 10.0 Å². The zero-order valence-electron chi connectivity index (χ0n) is 11.8. The highest BCUT2D eigenvalue weighted by atomic mass is 35.5. The van der Waals surface area contributed by atoms with E-state index in [1.54, 1.807) is 12.1 Å². The second-order valence-corrected chi connectivity index (χ2v) is 6.25. The van der Waals surface area contributed by atoms with E-state index < -0.39 is 0 Å². The van der Waals surface area contributed by atoms with E-state index in [4.69, 9.17) is 55.9 Å². The maximum absolute atomic E-state index is 6.16. The lowest BCUT2D eigenvalue weighted by Crippen LogP contribution is -2.00. The predicted molar refractivity (Wildman–Crippen MR) is 91.4 cm³/mol. The smallest absolute Gasteiger partial charge is 0.156 e. The molecule has 1 aromatic rings. The van der Waals surface area contributed by atoms with Gasteiger partial charge in [0.15, 0.2) is 5.75 Å². The van der Waals surface area contributed by atoms with Crippen molar-refractivity contribution >= 4 is 46.4 Å². The highest BCUT2D eigenvalue weighted by Crippen LogP contribution is 2.37. The highest BCUT2D eigenvalue weighted by Gasteiger charge is 2.10. The van der Waals surface area contributed by atoms with E-state index in [1.807, 2.05) is 0 Å². The Labute approximate surface area is 145 Å². The van der Waals surface area contributed by atoms with Crippen LogP contribution in [0.4, 0.5) is 0 Å². The minimum absolute atomic E-state index is 0.152. The van der Waals surface area contributed by atoms with Crippen molar-refractivity contribution in [3.63, 3.8) is 0 Å². The van der Waals surface area contributed by atoms with Crippen LogP contribution in [-0.2, 0) is 0 Å². The summed E-state index contributed by atoms with van der Waals surface area (Å²) in [4.78, 5) is 0. The lowest BCUT2D eigenvalue weighted by Gasteiger charge is -2.12. The average molecular weight is 372 g/mol. The van der Waals surface area contributed by atoms with Crippen LogP contribution in [0.3, 0.4) is 0 Å². The molecule has 0 bridgehead atoms. The zero-order chi connectivity index (χ0) is 15.7. The van der Waals surface area contributed by atoms with Gasteiger partial charge < -0.3 is 9.47 Å². The van der Waals surface area contributed by atoms with E-state index in [0.717, 1.165) is 12.8 Å². The van der Waals surface area contributed by atoms with Crippen molar-refractivity contribution in [3.05, 3.63) is 32.7 Å². The first-order valence-electron chi connectivity index (χ1n) is 6.80. The molecule has 118 valence electrons. The van der Waals surface area contributed by atoms with E-state index in [9.17, 15) is 0 Å². The van der Waals surface area contributed by atoms with Crippen molar-refractivity contribution in [2.45, 2.75) is 32.6 Å². The quantitative estimate of drug-likeness (QED) is 0.452. The number of hydrogen-bond acceptors (Lipinski definition) is 2. The molecular weight excluding hydrogens is 354 g/mol. The molecule has 21 heavy (non-hydrogen) atoms. The summed E-state index contributed by atoms with van der Waals surface area (Å²) in [6.07, 6.45) is 6.04. The van der Waals surface area contributed by atoms with Gasteiger partial charge in [-0.15, -0.1) is 0 Å². The molecule has 0 unspecified atom stereocenters. The van der Waals surface area contributed by atoms with Gasteiger partial charge in [-0.2, -0.15) is 0 Å². The maximum Gasteiger partial charge on any atom is 0.156 e. The van der Waals surface area contributed by atoms with Gasteiger partial charge >= 0.3 is 0 Å². The largest absolute Gasteiger partial charge is 0.490 e. The Morgan fingerprint density at radius 2 is 1.71 bits per heavy atom. The summed E-state index contributed by atoms with van der Waals surface area (Å²) in [6.45, 7) is 3.01. The lowest BCUT2D eigenvalue weighted by molar-refractivity contribution is 0.304. The van der Waals surface area contributed by atoms with Crippen LogP contribution in [0.1, 0.15) is 32.6 Å². The molecule has 2 nitrogen and oxygen atoms in total. The number of unbranched alkanes of at least 4 members (excludes halogenated alkanes) is 3. The second kappa shape index (κ2) is 10.4. The average Bonchev–Trinajstić information content (AvgIpc) is 2.40. The van der Waals surface area contributed by atoms with Crippen LogP contribution in [-0.4, -0.2) is 13.2 Å². The van der Waals surface area contributed by atoms with Crippen molar-refractivity contribution in [2.24, 2.45) is 0 Å². The fraction of sp³-hybridized carbons (Fsp3) is 0.467. The molecular formula is C15H18Cl4O2. The highest BCUT2D eigenvalue weighted by molar-refractivity contribution is 6.55. The molecule has 0 atom stereocenters. The topological polar surface area (TPSA) is 18.5 Å². The van der Waals surface area contributed by atoms with Crippen molar-refractivity contribution < 1.29 is 9.47 Å². The third-order valence-electron chi connectivity index (χ3n) is 2.70. The summed E-state index contributed by atoms with van der Waals surface area (Å²) >= 11 is 23.3. The summed E-state index contributed by atoms with van der Waals surface area (Å²) in [7, 11) is 0. The Bertz CT molecular complexity index is 448. The molecule has 0 spiro atoms. The summed E-state index contributed by atoms with van der Waals surface area (Å²) < 4.78 is 11.2. The molecule has 6 heteroatoms. The Morgan fingerprint density at radius 3 is 2.29 bits per heavy atom. The fourth-order valence-electron chi connectivity index (χ4n) is 1.66. The maximum atomic E-state index is 6.16. The third-order valence-corrected chi connectivity index (χ3v) is 3.57. The second-order valence-electron chi connectivity index (χ2n) is 4.43. The van der Waals surface area contributed by atoms with Crippen LogP contribution >= 0.6 is 46.4 Å². The first kappa shape index (κ1) is 18.8. The molecule has 0 aliphatic heterocycles. The van der Waals surface area contributed by atoms with Crippen molar-refractivity contribution in [1.82, 2.24) is 0 Å². The van der Waals surface area contributed by atoms with Crippen LogP contribution < -0.4 is 9.47 Å². The standard InChI is InChI=1S/C15H18Cl4O2/c1-2-3-4-5-7-21-15-12(16)9-11(10-13(15)17)20-8-6-14(18)19/h6,9-10H,2-5,7-8H2,1H3. The van der Waals surface area contributed by atoms with Crippen molar-refractivity contribution in [3.8, 4) is 11.5 Å². The Morgan fingerprint density at radius 1 is 1.05 bits per heavy atom. The Hall–Kier alpha value is -0.280. The molecule has 1 aromatic carbocycles. The number of benzene rings is 1. The van der Waals surface area contributed by atoms with Crippen LogP contribution in [0.25, 0.3) is 0 Å². The van der Waals surface area contributed by atoms with Crippen molar-refractivity contribution in [1.29, 1.82) is 0 Å². The summed E-state index contributed by atoms with van der Waals surface area (Å²) in [5.41, 5.74) is 0. The summed E-state index contributed by atoms with van der Waals surface area (Å²) in [5, 5.41) is 0.850. The lowest BCUT2D eigenvalue weighted by atomic mass is 10.2. The minimum Gasteiger partial charge on any atom is -0.490 e. The van der Waals surface area contributed by atoms with E-state index >= 15 is 0 Å². The minimum atomic E-state index is 0.152. The zero-order valence-corrected chi connectivity index (χ0v) is 14.8. The molecule has 0 heterocycles. The van der Waals surface area contributed by atoms with E-state index in [2.05, 4.69) is 6.92 Å². The number of ether oxygens (including phenoxy) is 2. The van der Waals surface area contributed by atoms with Gasteiger partial charge in [-0.3, -0.25) is 0 Å². The van der Waals surface area contributed by atoms with Crippen LogP contribution in [0.5, 0.6) is 11.5 Å². The predicted octanol–water partition coefficient (Wildman–Crippen LogP) is 6.65. The molecule has 1 rings (SSSR count). The first-order chi connectivity index (χ1) is 10.0. The fourth-order valence-corrected chi connectivity index (χ4v) is 2.36. The molecule has 0 saturated heterocycles. The Balaban J connectivity index is 2.56. The molecule has 0 aliphatic carbocycles. The van der Waals surface area contributed by atoms with Crippen LogP contribution in [0.15, 0.2) is 22.7 Å². The Kier molecular flexibility index (Phi) is 9.34. The van der Waals surface area contributed by atoms with Gasteiger partial charge in [0.1, 0.15) is 16.8 Å². The molecule has 0 radical (unpaired) electrons. The van der Waals surface area contributed by atoms with Gasteiger partial charge in [-0.1, -0.05) is 72.6 Å². The molecule has 0 aliphatic rings. The third kappa shape index (κ3) is 7.51. The summed E-state index contributed by atoms with van der Waals surface area (Å²) in [6, 6.07) is 3.32. The number of rotatable bonds is 9. The van der Waals surface area contributed by atoms with E-state index in [-0.39, 0.29) is 11.1 Å². The molecule has 0 amide bonds. The van der Waals surface area contributed by atoms with Crippen molar-refractivity contribution in [2.75, 3.05) is 13.2 Å². The van der Waals surface area contributed by atoms with Crippen LogP contribution in [0, 0.1) is 0 Å². The van der Waals surface area contributed by atoms with Gasteiger partial charge in [0.05, 0.1) is 16.7 Å². The van der Waals surface area contributed by atoms with Gasteiger partial charge in [0.2, 0.25) is 0 Å². The number of halogens is 4. The monoisotopic (exact) mass is 370 g/mol. The summed E-state index contributed by atoms with van der Waals surface area (Å²) in [5.74, 6) is 1.03. The van der Waals surface area contributed by atoms with E-state index in [1.165, 1.54) is 18.9 Å². The number of hydrogen-bond donors (Lipinski definition) is 0.